The second-order valence-electron chi connectivity index (χ2n) is 4.55. The number of hydrogen-bond acceptors (Lipinski definition) is 3. The van der Waals surface area contributed by atoms with Gasteiger partial charge in [-0.05, 0) is 36.8 Å². The molecule has 2 aromatic carbocycles. The molecule has 0 fully saturated rings. The van der Waals surface area contributed by atoms with E-state index >= 15 is 0 Å². The predicted octanol–water partition coefficient (Wildman–Crippen LogP) is 3.11. The number of benzene rings is 2. The first kappa shape index (κ1) is 15.1. The van der Waals surface area contributed by atoms with Gasteiger partial charge in [0.25, 0.3) is 0 Å². The van der Waals surface area contributed by atoms with E-state index in [-0.39, 0.29) is 12.2 Å². The Bertz CT molecular complexity index is 638. The van der Waals surface area contributed by atoms with E-state index in [9.17, 15) is 13.6 Å². The molecule has 0 spiro atoms. The Balaban J connectivity index is 2.11. The Morgan fingerprint density at radius 1 is 1.19 bits per heavy atom. The molecule has 0 saturated carbocycles. The van der Waals surface area contributed by atoms with Crippen LogP contribution in [0.25, 0.3) is 0 Å². The highest BCUT2D eigenvalue weighted by Crippen LogP contribution is 2.17. The summed E-state index contributed by atoms with van der Waals surface area (Å²) in [5, 5.41) is 8.93. The molecule has 0 aliphatic rings. The van der Waals surface area contributed by atoms with Crippen LogP contribution in [-0.2, 0) is 6.61 Å². The van der Waals surface area contributed by atoms with Crippen LogP contribution in [0.2, 0.25) is 0 Å². The second-order valence-corrected chi connectivity index (χ2v) is 4.55. The number of rotatable bonds is 5. The summed E-state index contributed by atoms with van der Waals surface area (Å²) in [6.07, 6.45) is -0.912. The lowest BCUT2D eigenvalue weighted by molar-refractivity contribution is 0.0813. The van der Waals surface area contributed by atoms with Crippen LogP contribution < -0.4 is 4.74 Å². The van der Waals surface area contributed by atoms with Crippen molar-refractivity contribution in [3.05, 3.63) is 65.2 Å². The summed E-state index contributed by atoms with van der Waals surface area (Å²) in [5.74, 6) is -1.79. The number of ether oxygens (including phenoxy) is 1. The molecule has 0 heterocycles. The summed E-state index contributed by atoms with van der Waals surface area (Å²) in [6.45, 7) is 1.40. The zero-order chi connectivity index (χ0) is 15.4. The molecule has 0 aromatic heterocycles. The second kappa shape index (κ2) is 6.45. The Morgan fingerprint density at radius 2 is 1.86 bits per heavy atom. The van der Waals surface area contributed by atoms with Crippen molar-refractivity contribution in [2.45, 2.75) is 19.6 Å². The van der Waals surface area contributed by atoms with E-state index in [1.54, 1.807) is 24.3 Å². The maximum atomic E-state index is 13.6. The average Bonchev–Trinajstić information content (AvgIpc) is 2.47. The minimum Gasteiger partial charge on any atom is -0.483 e. The first-order valence-electron chi connectivity index (χ1n) is 6.37. The zero-order valence-corrected chi connectivity index (χ0v) is 11.3. The molecule has 5 heteroatoms. The number of aliphatic hydroxyl groups excluding tert-OH is 1. The molecule has 0 bridgehead atoms. The molecule has 0 aliphatic carbocycles. The Morgan fingerprint density at radius 3 is 2.43 bits per heavy atom. The van der Waals surface area contributed by atoms with Gasteiger partial charge in [-0.15, -0.1) is 0 Å². The normalized spacial score (nSPS) is 12.0. The molecule has 0 aliphatic heterocycles. The van der Waals surface area contributed by atoms with Gasteiger partial charge in [0, 0.05) is 6.07 Å². The quantitative estimate of drug-likeness (QED) is 0.861. The number of Topliss-reactive ketones (excluding diaryl/α,β-unsaturated/α-hetero) is 1. The molecule has 1 atom stereocenters. The highest BCUT2D eigenvalue weighted by atomic mass is 19.1. The van der Waals surface area contributed by atoms with Crippen molar-refractivity contribution in [1.82, 2.24) is 0 Å². The zero-order valence-electron chi connectivity index (χ0n) is 11.3. The summed E-state index contributed by atoms with van der Waals surface area (Å²) < 4.78 is 31.8. The van der Waals surface area contributed by atoms with Gasteiger partial charge in [-0.1, -0.05) is 12.1 Å². The molecule has 21 heavy (non-hydrogen) atoms. The molecule has 3 nitrogen and oxygen atoms in total. The topological polar surface area (TPSA) is 46.5 Å². The Kier molecular flexibility index (Phi) is 4.65. The number of ketones is 1. The van der Waals surface area contributed by atoms with Crippen LogP contribution >= 0.6 is 0 Å². The fourth-order valence-electron chi connectivity index (χ4n) is 1.84. The number of aliphatic hydroxyl groups is 1. The highest BCUT2D eigenvalue weighted by molar-refractivity contribution is 5.99. The highest BCUT2D eigenvalue weighted by Gasteiger charge is 2.20. The third kappa shape index (κ3) is 3.64. The van der Waals surface area contributed by atoms with Crippen LogP contribution in [0.5, 0.6) is 5.75 Å². The predicted molar refractivity (Wildman–Crippen MR) is 73.1 cm³/mol. The van der Waals surface area contributed by atoms with Crippen LogP contribution in [0.1, 0.15) is 22.8 Å². The Labute approximate surface area is 120 Å². The van der Waals surface area contributed by atoms with Gasteiger partial charge in [-0.2, -0.15) is 0 Å². The van der Waals surface area contributed by atoms with Crippen molar-refractivity contribution in [1.29, 1.82) is 0 Å². The van der Waals surface area contributed by atoms with Crippen LogP contribution in [0, 0.1) is 11.6 Å². The van der Waals surface area contributed by atoms with E-state index in [1.807, 2.05) is 0 Å². The summed E-state index contributed by atoms with van der Waals surface area (Å²) in [5.41, 5.74) is 0.502. The van der Waals surface area contributed by atoms with E-state index in [2.05, 4.69) is 0 Å². The first-order valence-corrected chi connectivity index (χ1v) is 6.37. The van der Waals surface area contributed by atoms with E-state index < -0.39 is 23.5 Å². The van der Waals surface area contributed by atoms with Crippen molar-refractivity contribution in [2.24, 2.45) is 0 Å². The van der Waals surface area contributed by atoms with Crippen molar-refractivity contribution in [3.8, 4) is 5.75 Å². The molecule has 2 rings (SSSR count). The number of halogens is 2. The molecule has 0 radical (unpaired) electrons. The molecule has 1 N–H and O–H groups in total. The standard InChI is InChI=1S/C16H14F2O3/c1-10(21-13-5-2-11(9-19)3-6-13)16(20)14-7-4-12(17)8-15(14)18/h2-8,10,19H,9H2,1H3. The first-order chi connectivity index (χ1) is 10.0. The number of carbonyl (C=O) groups excluding carboxylic acids is 1. The molecular formula is C16H14F2O3. The van der Waals surface area contributed by atoms with Crippen molar-refractivity contribution >= 4 is 5.78 Å². The van der Waals surface area contributed by atoms with E-state index in [1.165, 1.54) is 6.92 Å². The smallest absolute Gasteiger partial charge is 0.205 e. The van der Waals surface area contributed by atoms with Crippen molar-refractivity contribution in [2.75, 3.05) is 0 Å². The monoisotopic (exact) mass is 292 g/mol. The van der Waals surface area contributed by atoms with Crippen LogP contribution in [0.4, 0.5) is 8.78 Å². The van der Waals surface area contributed by atoms with Gasteiger partial charge in [0.1, 0.15) is 17.4 Å². The third-order valence-electron chi connectivity index (χ3n) is 2.98. The Hall–Kier alpha value is -2.27. The molecule has 2 aromatic rings. The van der Waals surface area contributed by atoms with Crippen molar-refractivity contribution in [3.63, 3.8) is 0 Å². The number of carbonyl (C=O) groups is 1. The van der Waals surface area contributed by atoms with E-state index in [4.69, 9.17) is 9.84 Å². The lowest BCUT2D eigenvalue weighted by Crippen LogP contribution is -2.24. The molecule has 110 valence electrons. The van der Waals surface area contributed by atoms with Gasteiger partial charge in [0.15, 0.2) is 6.10 Å². The van der Waals surface area contributed by atoms with Gasteiger partial charge in [0.05, 0.1) is 12.2 Å². The van der Waals surface area contributed by atoms with Gasteiger partial charge < -0.3 is 9.84 Å². The van der Waals surface area contributed by atoms with Crippen LogP contribution in [0.15, 0.2) is 42.5 Å². The largest absolute Gasteiger partial charge is 0.483 e. The molecule has 1 unspecified atom stereocenters. The van der Waals surface area contributed by atoms with Crippen LogP contribution in [-0.4, -0.2) is 17.0 Å². The summed E-state index contributed by atoms with van der Waals surface area (Å²) in [6, 6.07) is 9.32. The van der Waals surface area contributed by atoms with Gasteiger partial charge in [-0.3, -0.25) is 4.79 Å². The van der Waals surface area contributed by atoms with Gasteiger partial charge >= 0.3 is 0 Å². The van der Waals surface area contributed by atoms with E-state index in [0.29, 0.717) is 17.4 Å². The lowest BCUT2D eigenvalue weighted by Gasteiger charge is -2.14. The molecule has 0 saturated heterocycles. The maximum absolute atomic E-state index is 13.6. The average molecular weight is 292 g/mol. The summed E-state index contributed by atoms with van der Waals surface area (Å²) in [4.78, 5) is 12.1. The number of hydrogen-bond donors (Lipinski definition) is 1. The van der Waals surface area contributed by atoms with E-state index in [0.717, 1.165) is 12.1 Å². The maximum Gasteiger partial charge on any atom is 0.205 e. The minimum atomic E-state index is -0.912. The lowest BCUT2D eigenvalue weighted by atomic mass is 10.1. The minimum absolute atomic E-state index is 0.0877. The van der Waals surface area contributed by atoms with Crippen LogP contribution in [0.3, 0.4) is 0 Å². The fraction of sp³-hybridized carbons (Fsp3) is 0.188. The van der Waals surface area contributed by atoms with Gasteiger partial charge in [-0.25, -0.2) is 8.78 Å². The van der Waals surface area contributed by atoms with Crippen molar-refractivity contribution < 1.29 is 23.4 Å². The summed E-state index contributed by atoms with van der Waals surface area (Å²) >= 11 is 0. The third-order valence-corrected chi connectivity index (χ3v) is 2.98. The van der Waals surface area contributed by atoms with Gasteiger partial charge in [0.2, 0.25) is 5.78 Å². The summed E-state index contributed by atoms with van der Waals surface area (Å²) in [7, 11) is 0. The fourth-order valence-corrected chi connectivity index (χ4v) is 1.84. The SMILES string of the molecule is CC(Oc1ccc(CO)cc1)C(=O)c1ccc(F)cc1F. The molecular weight excluding hydrogens is 278 g/mol. The molecule has 0 amide bonds.